The normalized spacial score (nSPS) is 12.5. The molecule has 0 spiro atoms. The van der Waals surface area contributed by atoms with Crippen LogP contribution in [0.2, 0.25) is 0 Å². The van der Waals surface area contributed by atoms with E-state index in [9.17, 15) is 4.79 Å². The van der Waals surface area contributed by atoms with Crippen LogP contribution in [-0.4, -0.2) is 9.55 Å². The summed E-state index contributed by atoms with van der Waals surface area (Å²) in [5.74, 6) is 0. The first-order valence-electron chi connectivity index (χ1n) is 6.57. The predicted octanol–water partition coefficient (Wildman–Crippen LogP) is 4.43. The van der Waals surface area contributed by atoms with E-state index in [1.54, 1.807) is 4.57 Å². The number of nitrogens with one attached hydrogen (secondary N) is 1. The molecule has 1 heterocycles. The van der Waals surface area contributed by atoms with Gasteiger partial charge in [0.2, 0.25) is 0 Å². The van der Waals surface area contributed by atoms with Crippen LogP contribution in [0.4, 0.5) is 0 Å². The summed E-state index contributed by atoms with van der Waals surface area (Å²) in [6.45, 7) is 1.98. The summed E-state index contributed by atoms with van der Waals surface area (Å²) in [4.78, 5) is 15.9. The average molecular weight is 361 g/mol. The number of nitrogens with zero attached hydrogens (tertiary/aromatic N) is 1. The second kappa shape index (κ2) is 5.58. The molecule has 3 nitrogen and oxygen atoms in total. The molecule has 0 saturated carbocycles. The second-order valence-corrected chi connectivity index (χ2v) is 6.18. The molecule has 3 aromatic rings. The van der Waals surface area contributed by atoms with Gasteiger partial charge in [0, 0.05) is 4.47 Å². The third-order valence-electron chi connectivity index (χ3n) is 3.56. The molecule has 2 aromatic carbocycles. The monoisotopic (exact) mass is 360 g/mol. The topological polar surface area (TPSA) is 37.8 Å². The summed E-state index contributed by atoms with van der Waals surface area (Å²) in [6, 6.07) is 15.3. The van der Waals surface area contributed by atoms with E-state index in [0.717, 1.165) is 15.6 Å². The largest absolute Gasteiger partial charge is 0.332 e. The molecular weight excluding hydrogens is 348 g/mol. The molecule has 0 unspecified atom stereocenters. The fourth-order valence-electron chi connectivity index (χ4n) is 2.43. The van der Waals surface area contributed by atoms with Crippen molar-refractivity contribution in [3.05, 3.63) is 73.7 Å². The summed E-state index contributed by atoms with van der Waals surface area (Å²) in [5.41, 5.74) is 1.73. The maximum Gasteiger partial charge on any atom is 0.262 e. The Morgan fingerprint density at radius 3 is 2.62 bits per heavy atom. The van der Waals surface area contributed by atoms with Gasteiger partial charge in [-0.15, -0.1) is 0 Å². The van der Waals surface area contributed by atoms with Crippen LogP contribution < -0.4 is 5.56 Å². The smallest absolute Gasteiger partial charge is 0.262 e. The molecule has 21 heavy (non-hydrogen) atoms. The molecule has 0 radical (unpaired) electrons. The van der Waals surface area contributed by atoms with E-state index in [2.05, 4.69) is 20.9 Å². The highest BCUT2D eigenvalue weighted by Crippen LogP contribution is 2.19. The SMILES string of the molecule is C[C@H](c1ccccc1)n1c(=S)[nH]c2ccc(Br)cc2c1=O. The van der Waals surface area contributed by atoms with E-state index >= 15 is 0 Å². The lowest BCUT2D eigenvalue weighted by Gasteiger charge is -2.16. The van der Waals surface area contributed by atoms with Crippen molar-refractivity contribution >= 4 is 39.1 Å². The molecule has 0 aliphatic carbocycles. The van der Waals surface area contributed by atoms with Gasteiger partial charge in [-0.3, -0.25) is 9.36 Å². The minimum Gasteiger partial charge on any atom is -0.332 e. The van der Waals surface area contributed by atoms with Crippen molar-refractivity contribution in [2.75, 3.05) is 0 Å². The Bertz CT molecular complexity index is 915. The molecule has 1 aromatic heterocycles. The predicted molar refractivity (Wildman–Crippen MR) is 91.3 cm³/mol. The van der Waals surface area contributed by atoms with Gasteiger partial charge >= 0.3 is 0 Å². The van der Waals surface area contributed by atoms with Crippen molar-refractivity contribution in [3.8, 4) is 0 Å². The zero-order valence-corrected chi connectivity index (χ0v) is 13.7. The van der Waals surface area contributed by atoms with Gasteiger partial charge in [-0.25, -0.2) is 0 Å². The Morgan fingerprint density at radius 2 is 1.90 bits per heavy atom. The third kappa shape index (κ3) is 2.59. The van der Waals surface area contributed by atoms with Gasteiger partial charge in [-0.2, -0.15) is 0 Å². The van der Waals surface area contributed by atoms with Crippen molar-refractivity contribution in [1.82, 2.24) is 9.55 Å². The van der Waals surface area contributed by atoms with Crippen molar-refractivity contribution in [2.24, 2.45) is 0 Å². The fourth-order valence-corrected chi connectivity index (χ4v) is 3.14. The number of hydrogen-bond donors (Lipinski definition) is 1. The Morgan fingerprint density at radius 1 is 1.19 bits per heavy atom. The fraction of sp³-hybridized carbons (Fsp3) is 0.125. The zero-order chi connectivity index (χ0) is 15.0. The lowest BCUT2D eigenvalue weighted by Crippen LogP contribution is -2.25. The molecule has 3 rings (SSSR count). The molecule has 106 valence electrons. The number of fused-ring (bicyclic) bond motifs is 1. The van der Waals surface area contributed by atoms with E-state index in [0.29, 0.717) is 10.2 Å². The maximum absolute atomic E-state index is 12.8. The van der Waals surface area contributed by atoms with Gasteiger partial charge in [0.25, 0.3) is 5.56 Å². The first kappa shape index (κ1) is 14.2. The Balaban J connectivity index is 2.28. The number of aromatic amines is 1. The highest BCUT2D eigenvalue weighted by atomic mass is 79.9. The van der Waals surface area contributed by atoms with Crippen molar-refractivity contribution < 1.29 is 0 Å². The highest BCUT2D eigenvalue weighted by Gasteiger charge is 2.13. The number of benzene rings is 2. The lowest BCUT2D eigenvalue weighted by molar-refractivity contribution is 0.600. The van der Waals surface area contributed by atoms with Gasteiger partial charge < -0.3 is 4.98 Å². The Kier molecular flexibility index (Phi) is 3.78. The van der Waals surface area contributed by atoms with E-state index in [4.69, 9.17) is 12.2 Å². The number of halogens is 1. The molecule has 0 aliphatic heterocycles. The summed E-state index contributed by atoms with van der Waals surface area (Å²) in [7, 11) is 0. The molecule has 5 heteroatoms. The van der Waals surface area contributed by atoms with E-state index in [-0.39, 0.29) is 11.6 Å². The van der Waals surface area contributed by atoms with Crippen molar-refractivity contribution in [3.63, 3.8) is 0 Å². The molecule has 0 bridgehead atoms. The summed E-state index contributed by atoms with van der Waals surface area (Å²) >= 11 is 8.78. The van der Waals surface area contributed by atoms with Gasteiger partial charge in [0.1, 0.15) is 0 Å². The number of aromatic nitrogens is 2. The van der Waals surface area contributed by atoms with Gasteiger partial charge in [-0.05, 0) is 42.9 Å². The second-order valence-electron chi connectivity index (χ2n) is 4.88. The maximum atomic E-state index is 12.8. The van der Waals surface area contributed by atoms with Crippen molar-refractivity contribution in [2.45, 2.75) is 13.0 Å². The molecule has 0 amide bonds. The van der Waals surface area contributed by atoms with Crippen LogP contribution in [0.1, 0.15) is 18.5 Å². The molecule has 1 atom stereocenters. The van der Waals surface area contributed by atoms with Gasteiger partial charge in [-0.1, -0.05) is 46.3 Å². The van der Waals surface area contributed by atoms with Crippen LogP contribution in [0.5, 0.6) is 0 Å². The molecule has 1 N–H and O–H groups in total. The number of rotatable bonds is 2. The van der Waals surface area contributed by atoms with E-state index in [1.165, 1.54) is 0 Å². The van der Waals surface area contributed by atoms with Crippen LogP contribution in [-0.2, 0) is 0 Å². The van der Waals surface area contributed by atoms with Crippen LogP contribution in [0.25, 0.3) is 10.9 Å². The molecule has 0 fully saturated rings. The van der Waals surface area contributed by atoms with Crippen LogP contribution in [0.15, 0.2) is 57.8 Å². The Hall–Kier alpha value is -1.72. The molecule has 0 saturated heterocycles. The number of H-pyrrole nitrogens is 1. The summed E-state index contributed by atoms with van der Waals surface area (Å²) in [6.07, 6.45) is 0. The summed E-state index contributed by atoms with van der Waals surface area (Å²) in [5, 5.41) is 0.626. The van der Waals surface area contributed by atoms with E-state index < -0.39 is 0 Å². The summed E-state index contributed by atoms with van der Waals surface area (Å²) < 4.78 is 2.93. The first-order valence-corrected chi connectivity index (χ1v) is 7.77. The number of hydrogen-bond acceptors (Lipinski definition) is 2. The van der Waals surface area contributed by atoms with Gasteiger partial charge in [0.15, 0.2) is 4.77 Å². The average Bonchev–Trinajstić information content (AvgIpc) is 2.49. The quantitative estimate of drug-likeness (QED) is 0.686. The van der Waals surface area contributed by atoms with Crippen LogP contribution in [0.3, 0.4) is 0 Å². The van der Waals surface area contributed by atoms with Gasteiger partial charge in [0.05, 0.1) is 16.9 Å². The van der Waals surface area contributed by atoms with Crippen molar-refractivity contribution in [1.29, 1.82) is 0 Å². The van der Waals surface area contributed by atoms with Crippen LogP contribution >= 0.6 is 28.1 Å². The third-order valence-corrected chi connectivity index (χ3v) is 4.35. The molecule has 0 aliphatic rings. The van der Waals surface area contributed by atoms with Crippen LogP contribution in [0, 0.1) is 4.77 Å². The zero-order valence-electron chi connectivity index (χ0n) is 11.3. The highest BCUT2D eigenvalue weighted by molar-refractivity contribution is 9.10. The molecular formula is C16H13BrN2OS. The lowest BCUT2D eigenvalue weighted by atomic mass is 10.1. The Labute approximate surface area is 135 Å². The first-order chi connectivity index (χ1) is 10.1. The minimum atomic E-state index is -0.120. The standard InChI is InChI=1S/C16H13BrN2OS/c1-10(11-5-3-2-4-6-11)19-15(20)13-9-12(17)7-8-14(13)18-16(19)21/h2-10H,1H3,(H,18,21)/t10-/m1/s1. The van der Waals surface area contributed by atoms with E-state index in [1.807, 2.05) is 55.5 Å². The minimum absolute atomic E-state index is 0.0774.